The lowest BCUT2D eigenvalue weighted by molar-refractivity contribution is -0.148. The Kier molecular flexibility index (Phi) is 6.89. The number of nitrogens with zero attached hydrogens (tertiary/aromatic N) is 1. The van der Waals surface area contributed by atoms with Gasteiger partial charge >= 0.3 is 12.1 Å². The van der Waals surface area contributed by atoms with Crippen LogP contribution in [0.1, 0.15) is 37.5 Å². The number of hydrogen-bond donors (Lipinski definition) is 0. The van der Waals surface area contributed by atoms with Crippen LogP contribution in [0.15, 0.2) is 42.6 Å². The molecule has 0 aliphatic heterocycles. The fourth-order valence-corrected chi connectivity index (χ4v) is 2.31. The monoisotopic (exact) mass is 409 g/mol. The molecule has 0 saturated heterocycles. The Labute approximate surface area is 167 Å². The summed E-state index contributed by atoms with van der Waals surface area (Å²) in [6.45, 7) is 5.25. The predicted molar refractivity (Wildman–Crippen MR) is 101 cm³/mol. The van der Waals surface area contributed by atoms with E-state index in [1.165, 1.54) is 37.6 Å². The molecule has 0 fully saturated rings. The van der Waals surface area contributed by atoms with Crippen LogP contribution < -0.4 is 9.47 Å². The molecule has 2 rings (SSSR count). The molecule has 156 valence electrons. The molecule has 0 atom stereocenters. The van der Waals surface area contributed by atoms with Gasteiger partial charge in [-0.25, -0.2) is 9.78 Å². The van der Waals surface area contributed by atoms with E-state index in [9.17, 15) is 18.0 Å². The fraction of sp³-hybridized carbons (Fsp3) is 0.333. The van der Waals surface area contributed by atoms with Gasteiger partial charge in [0.05, 0.1) is 18.2 Å². The average molecular weight is 409 g/mol. The van der Waals surface area contributed by atoms with Gasteiger partial charge in [-0.15, -0.1) is 0 Å². The van der Waals surface area contributed by atoms with Crippen molar-refractivity contribution < 1.29 is 32.2 Å². The van der Waals surface area contributed by atoms with E-state index in [0.29, 0.717) is 16.9 Å². The molecule has 1 aromatic heterocycles. The highest BCUT2D eigenvalue weighted by Crippen LogP contribution is 2.30. The van der Waals surface area contributed by atoms with Gasteiger partial charge in [-0.1, -0.05) is 12.1 Å². The third-order valence-corrected chi connectivity index (χ3v) is 3.58. The normalized spacial score (nSPS) is 12.1. The van der Waals surface area contributed by atoms with Gasteiger partial charge in [0.1, 0.15) is 18.0 Å². The van der Waals surface area contributed by atoms with Crippen molar-refractivity contribution in [1.82, 2.24) is 4.98 Å². The number of alkyl halides is 3. The number of aromatic nitrogens is 1. The van der Waals surface area contributed by atoms with E-state index in [4.69, 9.17) is 14.2 Å². The first-order valence-corrected chi connectivity index (χ1v) is 8.72. The van der Waals surface area contributed by atoms with Crippen molar-refractivity contribution in [3.63, 3.8) is 0 Å². The molecule has 0 aliphatic carbocycles. The minimum Gasteiger partial charge on any atom is -0.496 e. The Hall–Kier alpha value is -3.03. The van der Waals surface area contributed by atoms with Crippen LogP contribution in [0.5, 0.6) is 11.6 Å². The van der Waals surface area contributed by atoms with Crippen LogP contribution in [-0.2, 0) is 22.3 Å². The SMILES string of the molecule is COc1ccnc(OCc2ccc(C(F)(F)F)cc2)c1/C=C/C(=O)OC(C)(C)C. The first kappa shape index (κ1) is 22.3. The molecular weight excluding hydrogens is 387 g/mol. The number of carbonyl (C=O) groups excluding carboxylic acids is 1. The molecule has 0 saturated carbocycles. The Morgan fingerprint density at radius 2 is 1.76 bits per heavy atom. The maximum absolute atomic E-state index is 12.7. The van der Waals surface area contributed by atoms with Crippen molar-refractivity contribution in [3.8, 4) is 11.6 Å². The summed E-state index contributed by atoms with van der Waals surface area (Å²) < 4.78 is 54.1. The highest BCUT2D eigenvalue weighted by Gasteiger charge is 2.29. The molecule has 0 unspecified atom stereocenters. The first-order chi connectivity index (χ1) is 13.5. The summed E-state index contributed by atoms with van der Waals surface area (Å²) in [5.74, 6) is 0.0448. The zero-order valence-electron chi connectivity index (χ0n) is 16.5. The molecule has 1 aromatic carbocycles. The van der Waals surface area contributed by atoms with Crippen LogP contribution in [0.4, 0.5) is 13.2 Å². The topological polar surface area (TPSA) is 57.7 Å². The van der Waals surface area contributed by atoms with Gasteiger partial charge in [0.15, 0.2) is 0 Å². The van der Waals surface area contributed by atoms with Crippen LogP contribution in [-0.4, -0.2) is 23.7 Å². The summed E-state index contributed by atoms with van der Waals surface area (Å²) in [5, 5.41) is 0. The van der Waals surface area contributed by atoms with Gasteiger partial charge in [-0.05, 0) is 50.6 Å². The van der Waals surface area contributed by atoms with Gasteiger partial charge in [-0.3, -0.25) is 0 Å². The predicted octanol–water partition coefficient (Wildman–Crippen LogP) is 5.04. The zero-order chi connectivity index (χ0) is 21.7. The highest BCUT2D eigenvalue weighted by molar-refractivity contribution is 5.88. The molecule has 1 heterocycles. The lowest BCUT2D eigenvalue weighted by Gasteiger charge is -2.18. The molecule has 5 nitrogen and oxygen atoms in total. The summed E-state index contributed by atoms with van der Waals surface area (Å²) in [6, 6.07) is 6.24. The van der Waals surface area contributed by atoms with Crippen molar-refractivity contribution in [1.29, 1.82) is 0 Å². The minimum atomic E-state index is -4.40. The lowest BCUT2D eigenvalue weighted by Crippen LogP contribution is -2.22. The molecule has 0 aliphatic rings. The van der Waals surface area contributed by atoms with Crippen molar-refractivity contribution in [3.05, 3.63) is 59.3 Å². The smallest absolute Gasteiger partial charge is 0.416 e. The maximum Gasteiger partial charge on any atom is 0.416 e. The number of esters is 1. The molecule has 0 N–H and O–H groups in total. The summed E-state index contributed by atoms with van der Waals surface area (Å²) in [6.07, 6.45) is -0.239. The van der Waals surface area contributed by atoms with E-state index in [-0.39, 0.29) is 12.5 Å². The van der Waals surface area contributed by atoms with E-state index >= 15 is 0 Å². The van der Waals surface area contributed by atoms with Gasteiger partial charge in [-0.2, -0.15) is 13.2 Å². The Morgan fingerprint density at radius 1 is 1.10 bits per heavy atom. The van der Waals surface area contributed by atoms with E-state index in [0.717, 1.165) is 12.1 Å². The van der Waals surface area contributed by atoms with E-state index < -0.39 is 23.3 Å². The number of carbonyl (C=O) groups is 1. The van der Waals surface area contributed by atoms with Gasteiger partial charge in [0, 0.05) is 12.3 Å². The third kappa shape index (κ3) is 6.81. The van der Waals surface area contributed by atoms with Crippen LogP contribution in [0.25, 0.3) is 6.08 Å². The Bertz CT molecular complexity index is 869. The van der Waals surface area contributed by atoms with Crippen LogP contribution in [0.2, 0.25) is 0 Å². The number of hydrogen-bond acceptors (Lipinski definition) is 5. The Morgan fingerprint density at radius 3 is 2.31 bits per heavy atom. The van der Waals surface area contributed by atoms with E-state index in [1.54, 1.807) is 26.8 Å². The zero-order valence-corrected chi connectivity index (χ0v) is 16.5. The number of benzene rings is 1. The van der Waals surface area contributed by atoms with Gasteiger partial charge < -0.3 is 14.2 Å². The molecule has 8 heteroatoms. The molecule has 0 bridgehead atoms. The standard InChI is InChI=1S/C21H22F3NO4/c1-20(2,3)29-18(26)10-9-16-17(27-4)11-12-25-19(16)28-13-14-5-7-15(8-6-14)21(22,23)24/h5-12H,13H2,1-4H3/b10-9+. The first-order valence-electron chi connectivity index (χ1n) is 8.72. The molecule has 0 radical (unpaired) electrons. The summed E-state index contributed by atoms with van der Waals surface area (Å²) in [7, 11) is 1.46. The van der Waals surface area contributed by atoms with Crippen LogP contribution in [0.3, 0.4) is 0 Å². The average Bonchev–Trinajstić information content (AvgIpc) is 2.63. The molecule has 2 aromatic rings. The van der Waals surface area contributed by atoms with Crippen molar-refractivity contribution in [2.75, 3.05) is 7.11 Å². The second-order valence-electron chi connectivity index (χ2n) is 7.08. The molecule has 0 amide bonds. The number of methoxy groups -OCH3 is 1. The van der Waals surface area contributed by atoms with Gasteiger partial charge in [0.25, 0.3) is 0 Å². The quantitative estimate of drug-likeness (QED) is 0.494. The second-order valence-corrected chi connectivity index (χ2v) is 7.08. The number of halogens is 3. The highest BCUT2D eigenvalue weighted by atomic mass is 19.4. The van der Waals surface area contributed by atoms with Crippen LogP contribution >= 0.6 is 0 Å². The van der Waals surface area contributed by atoms with Crippen molar-refractivity contribution >= 4 is 12.0 Å². The molecule has 29 heavy (non-hydrogen) atoms. The van der Waals surface area contributed by atoms with E-state index in [2.05, 4.69) is 4.98 Å². The lowest BCUT2D eigenvalue weighted by atomic mass is 10.1. The fourth-order valence-electron chi connectivity index (χ4n) is 2.31. The van der Waals surface area contributed by atoms with Crippen LogP contribution in [0, 0.1) is 0 Å². The number of rotatable bonds is 6. The number of ether oxygens (including phenoxy) is 3. The number of pyridine rings is 1. The largest absolute Gasteiger partial charge is 0.496 e. The summed E-state index contributed by atoms with van der Waals surface area (Å²) in [5.41, 5.74) is -0.429. The Balaban J connectivity index is 2.17. The van der Waals surface area contributed by atoms with E-state index in [1.807, 2.05) is 0 Å². The molecule has 0 spiro atoms. The van der Waals surface area contributed by atoms with Gasteiger partial charge in [0.2, 0.25) is 5.88 Å². The minimum absolute atomic E-state index is 0.00835. The maximum atomic E-state index is 12.7. The van der Waals surface area contributed by atoms with Crippen molar-refractivity contribution in [2.45, 2.75) is 39.2 Å². The summed E-state index contributed by atoms with van der Waals surface area (Å²) in [4.78, 5) is 16.1. The third-order valence-electron chi connectivity index (χ3n) is 3.58. The second kappa shape index (κ2) is 8.98. The summed E-state index contributed by atoms with van der Waals surface area (Å²) >= 11 is 0. The van der Waals surface area contributed by atoms with Crippen molar-refractivity contribution in [2.24, 2.45) is 0 Å². The molecular formula is C21H22F3NO4.